The molecular weight excluding hydrogens is 498 g/mol. The van der Waals surface area contributed by atoms with Crippen LogP contribution < -0.4 is 4.90 Å². The number of hydrogen-bond donors (Lipinski definition) is 2. The maximum Gasteiger partial charge on any atom is 0.490 e. The molecule has 3 heterocycles. The van der Waals surface area contributed by atoms with Crippen molar-refractivity contribution in [3.63, 3.8) is 0 Å². The van der Waals surface area contributed by atoms with Gasteiger partial charge in [-0.05, 0) is 25.7 Å². The van der Waals surface area contributed by atoms with Crippen LogP contribution in [0, 0.1) is 18.8 Å². The van der Waals surface area contributed by atoms with E-state index in [1.807, 2.05) is 6.92 Å². The first-order valence-electron chi connectivity index (χ1n) is 10.2. The Morgan fingerprint density at radius 3 is 2.03 bits per heavy atom. The van der Waals surface area contributed by atoms with Gasteiger partial charge >= 0.3 is 24.3 Å². The molecule has 1 saturated carbocycles. The van der Waals surface area contributed by atoms with Gasteiger partial charge in [-0.2, -0.15) is 26.3 Å². The molecule has 1 aromatic heterocycles. The van der Waals surface area contributed by atoms with Crippen molar-refractivity contribution in [1.82, 2.24) is 15.1 Å². The minimum absolute atomic E-state index is 0.378. The van der Waals surface area contributed by atoms with Crippen LogP contribution in [0.2, 0.25) is 0 Å². The molecule has 1 aromatic rings. The third-order valence-electron chi connectivity index (χ3n) is 5.10. The summed E-state index contributed by atoms with van der Waals surface area (Å²) in [5, 5.41) is 24.8. The van der Waals surface area contributed by atoms with Gasteiger partial charge in [0.25, 0.3) is 0 Å². The average Bonchev–Trinajstić information content (AvgIpc) is 3.33. The lowest BCUT2D eigenvalue weighted by molar-refractivity contribution is -0.193. The Labute approximate surface area is 194 Å². The lowest BCUT2D eigenvalue weighted by Gasteiger charge is -2.22. The summed E-state index contributed by atoms with van der Waals surface area (Å²) in [7, 11) is 0. The summed E-state index contributed by atoms with van der Waals surface area (Å²) in [6.07, 6.45) is -6.92. The van der Waals surface area contributed by atoms with Gasteiger partial charge in [-0.25, -0.2) is 9.59 Å². The molecule has 0 aromatic carbocycles. The second-order valence-corrected chi connectivity index (χ2v) is 9.15. The molecule has 4 rings (SSSR count). The number of carboxylic acid groups (broad SMARTS) is 2. The zero-order chi connectivity index (χ0) is 25.7. The summed E-state index contributed by atoms with van der Waals surface area (Å²) in [5.74, 6) is -3.92. The van der Waals surface area contributed by atoms with Gasteiger partial charge in [-0.1, -0.05) is 11.3 Å². The van der Waals surface area contributed by atoms with E-state index in [0.717, 1.165) is 42.3 Å². The molecule has 194 valence electrons. The fourth-order valence-corrected chi connectivity index (χ4v) is 4.07. The highest BCUT2D eigenvalue weighted by Crippen LogP contribution is 2.33. The summed E-state index contributed by atoms with van der Waals surface area (Å²) in [4.78, 5) is 22.8. The fraction of sp³-hybridized carbons (Fsp3) is 0.778. The Hall–Kier alpha value is -2.20. The van der Waals surface area contributed by atoms with Crippen molar-refractivity contribution in [2.45, 2.75) is 38.2 Å². The Bertz CT molecular complexity index is 808. The van der Waals surface area contributed by atoms with E-state index in [1.54, 1.807) is 11.3 Å². The molecule has 2 saturated heterocycles. The van der Waals surface area contributed by atoms with E-state index in [-0.39, 0.29) is 0 Å². The van der Waals surface area contributed by atoms with Gasteiger partial charge in [0.1, 0.15) is 5.01 Å². The number of aryl methyl sites for hydroxylation is 1. The van der Waals surface area contributed by atoms with Crippen LogP contribution in [0.25, 0.3) is 0 Å². The van der Waals surface area contributed by atoms with Crippen molar-refractivity contribution < 1.29 is 50.9 Å². The van der Waals surface area contributed by atoms with E-state index in [0.29, 0.717) is 12.0 Å². The molecule has 16 heteroatoms. The fourth-order valence-electron chi connectivity index (χ4n) is 3.36. The molecule has 2 atom stereocenters. The van der Waals surface area contributed by atoms with Crippen LogP contribution in [0.15, 0.2) is 0 Å². The van der Waals surface area contributed by atoms with Gasteiger partial charge in [0.15, 0.2) is 0 Å². The minimum atomic E-state index is -5.08. The van der Waals surface area contributed by atoms with Crippen LogP contribution in [0.5, 0.6) is 0 Å². The average molecular weight is 522 g/mol. The SMILES string of the molecule is Cc1nnc(N2C[C@@H]3CN(CC4CC4)CCO[C@@H]3C2)s1.O=C(O)C(F)(F)F.O=C(O)C(F)(F)F. The number of ether oxygens (including phenoxy) is 1. The van der Waals surface area contributed by atoms with Gasteiger partial charge in [-0.15, -0.1) is 10.2 Å². The monoisotopic (exact) mass is 522 g/mol. The van der Waals surface area contributed by atoms with E-state index in [4.69, 9.17) is 24.5 Å². The highest BCUT2D eigenvalue weighted by Gasteiger charge is 2.40. The molecule has 34 heavy (non-hydrogen) atoms. The Balaban J connectivity index is 0.000000244. The van der Waals surface area contributed by atoms with Crippen molar-refractivity contribution in [3.8, 4) is 0 Å². The van der Waals surface area contributed by atoms with Crippen LogP contribution in [-0.4, -0.2) is 95.0 Å². The molecule has 0 radical (unpaired) electrons. The van der Waals surface area contributed by atoms with Crippen LogP contribution >= 0.6 is 11.3 Å². The highest BCUT2D eigenvalue weighted by molar-refractivity contribution is 7.15. The highest BCUT2D eigenvalue weighted by atomic mass is 32.1. The third-order valence-corrected chi connectivity index (χ3v) is 6.00. The number of halogens is 6. The lowest BCUT2D eigenvalue weighted by atomic mass is 10.1. The van der Waals surface area contributed by atoms with E-state index in [2.05, 4.69) is 20.0 Å². The number of anilines is 1. The summed E-state index contributed by atoms with van der Waals surface area (Å²) in [5.41, 5.74) is 0. The van der Waals surface area contributed by atoms with Crippen LogP contribution in [0.4, 0.5) is 31.5 Å². The molecule has 9 nitrogen and oxygen atoms in total. The number of alkyl halides is 6. The van der Waals surface area contributed by atoms with Crippen LogP contribution in [0.3, 0.4) is 0 Å². The van der Waals surface area contributed by atoms with Crippen molar-refractivity contribution in [2.24, 2.45) is 11.8 Å². The van der Waals surface area contributed by atoms with Gasteiger partial charge < -0.3 is 24.7 Å². The van der Waals surface area contributed by atoms with Crippen molar-refractivity contribution >= 4 is 28.4 Å². The van der Waals surface area contributed by atoms with Crippen molar-refractivity contribution in [1.29, 1.82) is 0 Å². The molecule has 1 aliphatic carbocycles. The summed E-state index contributed by atoms with van der Waals surface area (Å²) in [6, 6.07) is 0. The maximum atomic E-state index is 10.6. The smallest absolute Gasteiger partial charge is 0.475 e. The quantitative estimate of drug-likeness (QED) is 0.578. The first-order valence-corrected chi connectivity index (χ1v) is 11.0. The maximum absolute atomic E-state index is 10.6. The predicted molar refractivity (Wildman–Crippen MR) is 107 cm³/mol. The number of carbonyl (C=O) groups is 2. The molecular formula is C18H24F6N4O5S. The van der Waals surface area contributed by atoms with Crippen molar-refractivity contribution in [3.05, 3.63) is 5.01 Å². The molecule has 0 amide bonds. The Morgan fingerprint density at radius 1 is 1.03 bits per heavy atom. The second kappa shape index (κ2) is 11.5. The van der Waals surface area contributed by atoms with Crippen molar-refractivity contribution in [2.75, 3.05) is 44.2 Å². The topological polar surface area (TPSA) is 116 Å². The van der Waals surface area contributed by atoms with E-state index in [9.17, 15) is 26.3 Å². The van der Waals surface area contributed by atoms with Crippen LogP contribution in [0.1, 0.15) is 17.8 Å². The second-order valence-electron chi connectivity index (χ2n) is 7.99. The number of aromatic nitrogens is 2. The summed E-state index contributed by atoms with van der Waals surface area (Å²) >= 11 is 1.69. The number of hydrogen-bond acceptors (Lipinski definition) is 8. The van der Waals surface area contributed by atoms with Gasteiger partial charge in [0.05, 0.1) is 12.7 Å². The first-order chi connectivity index (χ1) is 15.7. The number of aliphatic carboxylic acids is 2. The molecule has 0 unspecified atom stereocenters. The summed E-state index contributed by atoms with van der Waals surface area (Å²) in [6.45, 7) is 8.54. The normalized spacial score (nSPS) is 23.1. The molecule has 0 spiro atoms. The zero-order valence-corrected chi connectivity index (χ0v) is 18.8. The number of nitrogens with zero attached hydrogens (tertiary/aromatic N) is 4. The molecule has 0 bridgehead atoms. The van der Waals surface area contributed by atoms with E-state index >= 15 is 0 Å². The van der Waals surface area contributed by atoms with E-state index in [1.165, 1.54) is 25.9 Å². The molecule has 3 fully saturated rings. The van der Waals surface area contributed by atoms with Gasteiger partial charge in [0.2, 0.25) is 5.13 Å². The molecule has 2 aliphatic heterocycles. The number of carboxylic acids is 2. The number of fused-ring (bicyclic) bond motifs is 1. The van der Waals surface area contributed by atoms with Crippen LogP contribution in [-0.2, 0) is 14.3 Å². The van der Waals surface area contributed by atoms with E-state index < -0.39 is 24.3 Å². The lowest BCUT2D eigenvalue weighted by Crippen LogP contribution is -2.34. The zero-order valence-electron chi connectivity index (χ0n) is 18.0. The van der Waals surface area contributed by atoms with Gasteiger partial charge in [0, 0.05) is 38.6 Å². The number of rotatable bonds is 3. The third kappa shape index (κ3) is 9.21. The van der Waals surface area contributed by atoms with Gasteiger partial charge in [-0.3, -0.25) is 0 Å². The Kier molecular flexibility index (Phi) is 9.47. The minimum Gasteiger partial charge on any atom is -0.475 e. The standard InChI is InChI=1S/C14H22N4OS.2C2HF3O2/c1-10-15-16-14(20-10)18-8-12-7-17(6-11-2-3-11)4-5-19-13(12)9-18;2*3-2(4,5)1(6)7/h11-13H,2-9H2,1H3;2*(H,6,7)/t12-,13+;;/m0../s1. The molecule has 3 aliphatic rings. The summed E-state index contributed by atoms with van der Waals surface area (Å²) < 4.78 is 69.6. The predicted octanol–water partition coefficient (Wildman–Crippen LogP) is 2.66. The molecule has 2 N–H and O–H groups in total. The Morgan fingerprint density at radius 2 is 1.59 bits per heavy atom. The largest absolute Gasteiger partial charge is 0.490 e. The first kappa shape index (κ1) is 28.0.